The zero-order chi connectivity index (χ0) is 27.4. The molecule has 0 spiro atoms. The van der Waals surface area contributed by atoms with Gasteiger partial charge in [-0.3, -0.25) is 9.59 Å². The van der Waals surface area contributed by atoms with Crippen molar-refractivity contribution >= 4 is 35.4 Å². The van der Waals surface area contributed by atoms with E-state index in [1.807, 2.05) is 6.92 Å². The van der Waals surface area contributed by atoms with Crippen molar-refractivity contribution in [2.24, 2.45) is 0 Å². The van der Waals surface area contributed by atoms with E-state index in [-0.39, 0.29) is 45.9 Å². The Bertz CT molecular complexity index is 1390. The minimum absolute atomic E-state index is 0.124. The van der Waals surface area contributed by atoms with E-state index in [2.05, 4.69) is 0 Å². The van der Waals surface area contributed by atoms with E-state index in [1.165, 1.54) is 35.3 Å². The summed E-state index contributed by atoms with van der Waals surface area (Å²) in [5.41, 5.74) is 0.924. The Kier molecular flexibility index (Phi) is 8.32. The molecule has 0 radical (unpaired) electrons. The molecule has 3 aromatic rings. The molecule has 9 heteroatoms. The van der Waals surface area contributed by atoms with Gasteiger partial charge in [0.15, 0.2) is 29.1 Å². The number of halogens is 5. The molecule has 1 aliphatic rings. The summed E-state index contributed by atoms with van der Waals surface area (Å²) in [7, 11) is 0. The number of hydrogen-bond acceptors (Lipinski definition) is 3. The number of ketones is 1. The van der Waals surface area contributed by atoms with Gasteiger partial charge >= 0.3 is 0 Å². The zero-order valence-corrected chi connectivity index (χ0v) is 21.0. The number of benzene rings is 3. The largest absolute Gasteiger partial charge is 0.492 e. The fourth-order valence-electron chi connectivity index (χ4n) is 3.94. The van der Waals surface area contributed by atoms with Gasteiger partial charge in [-0.25, -0.2) is 17.6 Å². The number of hydrogen-bond donors (Lipinski definition) is 0. The van der Waals surface area contributed by atoms with Gasteiger partial charge in [-0.1, -0.05) is 30.7 Å². The van der Waals surface area contributed by atoms with Crippen LogP contribution in [0.15, 0.2) is 65.7 Å². The van der Waals surface area contributed by atoms with Crippen LogP contribution in [-0.2, 0) is 4.79 Å². The summed E-state index contributed by atoms with van der Waals surface area (Å²) in [6.07, 6.45) is 3.50. The van der Waals surface area contributed by atoms with Crippen LogP contribution in [0.1, 0.15) is 34.8 Å². The lowest BCUT2D eigenvalue weighted by molar-refractivity contribution is -0.113. The first-order chi connectivity index (χ1) is 18.2. The minimum atomic E-state index is -1.09. The number of carbonyl (C=O) groups excluding carboxylic acids is 2. The Hall–Kier alpha value is -3.91. The maximum atomic E-state index is 13.8. The quantitative estimate of drug-likeness (QED) is 0.252. The fourth-order valence-corrected chi connectivity index (χ4v) is 4.17. The van der Waals surface area contributed by atoms with E-state index < -0.39 is 35.0 Å². The maximum absolute atomic E-state index is 13.8. The highest BCUT2D eigenvalue weighted by Crippen LogP contribution is 2.29. The number of ether oxygens (including phenoxy) is 1. The van der Waals surface area contributed by atoms with Crippen molar-refractivity contribution in [2.75, 3.05) is 19.7 Å². The van der Waals surface area contributed by atoms with E-state index in [1.54, 1.807) is 12.1 Å². The predicted molar refractivity (Wildman–Crippen MR) is 137 cm³/mol. The molecule has 1 fully saturated rings. The van der Waals surface area contributed by atoms with Crippen molar-refractivity contribution in [1.82, 2.24) is 4.90 Å². The molecule has 3 aromatic carbocycles. The third-order valence-electron chi connectivity index (χ3n) is 5.80. The average Bonchev–Trinajstić information content (AvgIpc) is 2.89. The molecule has 0 N–H and O–H groups in total. The molecule has 0 unspecified atom stereocenters. The van der Waals surface area contributed by atoms with Crippen molar-refractivity contribution < 1.29 is 31.9 Å². The lowest BCUT2D eigenvalue weighted by atomic mass is 9.93. The normalized spacial score (nSPS) is 15.8. The van der Waals surface area contributed by atoms with Crippen LogP contribution in [0.2, 0.25) is 5.02 Å². The van der Waals surface area contributed by atoms with Crippen LogP contribution in [0.25, 0.3) is 12.2 Å². The Morgan fingerprint density at radius 2 is 1.42 bits per heavy atom. The van der Waals surface area contributed by atoms with E-state index in [4.69, 9.17) is 16.3 Å². The van der Waals surface area contributed by atoms with Gasteiger partial charge in [0, 0.05) is 16.7 Å². The molecule has 1 heterocycles. The summed E-state index contributed by atoms with van der Waals surface area (Å²) in [4.78, 5) is 28.1. The van der Waals surface area contributed by atoms with Crippen LogP contribution < -0.4 is 4.74 Å². The molecular formula is C29H22ClF4NO3. The second-order valence-corrected chi connectivity index (χ2v) is 9.08. The highest BCUT2D eigenvalue weighted by Gasteiger charge is 2.30. The first-order valence-corrected chi connectivity index (χ1v) is 12.1. The molecule has 0 atom stereocenters. The van der Waals surface area contributed by atoms with E-state index in [9.17, 15) is 27.2 Å². The Labute approximate surface area is 221 Å². The van der Waals surface area contributed by atoms with Gasteiger partial charge in [0.25, 0.3) is 5.91 Å². The summed E-state index contributed by atoms with van der Waals surface area (Å²) in [5.74, 6) is -4.75. The molecule has 196 valence electrons. The van der Waals surface area contributed by atoms with Gasteiger partial charge < -0.3 is 9.64 Å². The average molecular weight is 544 g/mol. The van der Waals surface area contributed by atoms with Crippen molar-refractivity contribution in [3.05, 3.63) is 111 Å². The van der Waals surface area contributed by atoms with Crippen LogP contribution >= 0.6 is 11.6 Å². The molecule has 0 bridgehead atoms. The van der Waals surface area contributed by atoms with Crippen LogP contribution in [0.4, 0.5) is 17.6 Å². The van der Waals surface area contributed by atoms with Gasteiger partial charge in [0.1, 0.15) is 5.75 Å². The molecule has 1 aliphatic heterocycles. The Morgan fingerprint density at radius 1 is 0.868 bits per heavy atom. The highest BCUT2D eigenvalue weighted by atomic mass is 35.5. The lowest BCUT2D eigenvalue weighted by Crippen LogP contribution is -2.41. The number of rotatable bonds is 6. The molecule has 4 nitrogen and oxygen atoms in total. The number of Topliss-reactive ketones (excluding diaryl/α,β-unsaturated/α-hetero) is 1. The third kappa shape index (κ3) is 6.14. The summed E-state index contributed by atoms with van der Waals surface area (Å²) >= 11 is 6.29. The van der Waals surface area contributed by atoms with Crippen molar-refractivity contribution in [2.45, 2.75) is 13.3 Å². The van der Waals surface area contributed by atoms with Crippen LogP contribution in [0.3, 0.4) is 0 Å². The SMILES string of the molecule is CCCOc1ccc(C(=O)N2C/C(=C\c3ccc(F)c(F)c3)C(=O)/C(=C/c3ccc(F)c(F)c3)C2)cc1Cl. The predicted octanol–water partition coefficient (Wildman–Crippen LogP) is 6.88. The summed E-state index contributed by atoms with van der Waals surface area (Å²) < 4.78 is 59.9. The summed E-state index contributed by atoms with van der Waals surface area (Å²) in [5, 5.41) is 0.243. The maximum Gasteiger partial charge on any atom is 0.254 e. The number of amides is 1. The Morgan fingerprint density at radius 3 is 1.89 bits per heavy atom. The number of piperidine rings is 1. The number of carbonyl (C=O) groups is 2. The topological polar surface area (TPSA) is 46.6 Å². The van der Waals surface area contributed by atoms with Crippen LogP contribution in [0, 0.1) is 23.3 Å². The molecule has 4 rings (SSSR count). The fraction of sp³-hybridized carbons (Fsp3) is 0.172. The van der Waals surface area contributed by atoms with E-state index in [0.29, 0.717) is 12.4 Å². The van der Waals surface area contributed by atoms with Gasteiger partial charge in [-0.2, -0.15) is 0 Å². The van der Waals surface area contributed by atoms with E-state index in [0.717, 1.165) is 30.7 Å². The summed E-state index contributed by atoms with van der Waals surface area (Å²) in [6, 6.07) is 10.9. The second kappa shape index (κ2) is 11.6. The van der Waals surface area contributed by atoms with Crippen LogP contribution in [-0.4, -0.2) is 36.3 Å². The highest BCUT2D eigenvalue weighted by molar-refractivity contribution is 6.32. The van der Waals surface area contributed by atoms with Gasteiger partial charge in [0.05, 0.1) is 24.7 Å². The third-order valence-corrected chi connectivity index (χ3v) is 6.10. The van der Waals surface area contributed by atoms with Crippen molar-refractivity contribution in [3.8, 4) is 5.75 Å². The van der Waals surface area contributed by atoms with Crippen molar-refractivity contribution in [1.29, 1.82) is 0 Å². The lowest BCUT2D eigenvalue weighted by Gasteiger charge is -2.30. The van der Waals surface area contributed by atoms with Crippen molar-refractivity contribution in [3.63, 3.8) is 0 Å². The molecular weight excluding hydrogens is 522 g/mol. The standard InChI is InChI=1S/C29H22ClF4NO3/c1-2-9-38-27-8-5-19(14-22(27)30)29(37)35-15-20(10-17-3-6-23(31)25(33)12-17)28(36)21(16-35)11-18-4-7-24(32)26(34)13-18/h3-8,10-14H,2,9,15-16H2,1H3/b20-10+,21-11+. The number of nitrogens with zero attached hydrogens (tertiary/aromatic N) is 1. The zero-order valence-electron chi connectivity index (χ0n) is 20.2. The first-order valence-electron chi connectivity index (χ1n) is 11.7. The Balaban J connectivity index is 1.71. The molecule has 38 heavy (non-hydrogen) atoms. The molecule has 0 saturated carbocycles. The molecule has 1 saturated heterocycles. The molecule has 0 aliphatic carbocycles. The summed E-state index contributed by atoms with van der Waals surface area (Å²) in [6.45, 7) is 2.15. The minimum Gasteiger partial charge on any atom is -0.492 e. The smallest absolute Gasteiger partial charge is 0.254 e. The molecule has 0 aromatic heterocycles. The molecule has 1 amide bonds. The van der Waals surface area contributed by atoms with Crippen LogP contribution in [0.5, 0.6) is 5.75 Å². The monoisotopic (exact) mass is 543 g/mol. The first kappa shape index (κ1) is 27.1. The van der Waals surface area contributed by atoms with Gasteiger partial charge in [-0.15, -0.1) is 0 Å². The second-order valence-electron chi connectivity index (χ2n) is 8.67. The van der Waals surface area contributed by atoms with Gasteiger partial charge in [0.2, 0.25) is 0 Å². The van der Waals surface area contributed by atoms with Gasteiger partial charge in [-0.05, 0) is 72.2 Å². The van der Waals surface area contributed by atoms with E-state index >= 15 is 0 Å². The number of likely N-dealkylation sites (tertiary alicyclic amines) is 1.